The Morgan fingerprint density at radius 1 is 1.17 bits per heavy atom. The van der Waals surface area contributed by atoms with Gasteiger partial charge in [0.2, 0.25) is 0 Å². The molecular formula is C16H20O2. The monoisotopic (exact) mass is 244 g/mol. The number of carbonyl (C=O) groups excluding carboxylic acids is 1. The number of fused-ring (bicyclic) bond motifs is 9. The molecule has 0 radical (unpaired) electrons. The third-order valence-electron chi connectivity index (χ3n) is 5.82. The number of rotatable bonds is 2. The fraction of sp³-hybridized carbons (Fsp3) is 0.688. The second-order valence-electron chi connectivity index (χ2n) is 6.72. The Bertz CT molecular complexity index is 450. The molecule has 0 N–H and O–H groups in total. The van der Waals surface area contributed by atoms with Gasteiger partial charge < -0.3 is 4.74 Å². The smallest absolute Gasteiger partial charge is 0.333 e. The summed E-state index contributed by atoms with van der Waals surface area (Å²) in [6.07, 6.45) is 8.79. The van der Waals surface area contributed by atoms with Gasteiger partial charge in [-0.15, -0.1) is 0 Å². The molecule has 7 atom stereocenters. The van der Waals surface area contributed by atoms with Crippen LogP contribution < -0.4 is 0 Å². The number of esters is 1. The van der Waals surface area contributed by atoms with Crippen LogP contribution in [0.15, 0.2) is 24.3 Å². The van der Waals surface area contributed by atoms with E-state index in [2.05, 4.69) is 18.7 Å². The summed E-state index contributed by atoms with van der Waals surface area (Å²) in [6.45, 7) is 5.41. The molecule has 18 heavy (non-hydrogen) atoms. The molecule has 0 saturated heterocycles. The van der Waals surface area contributed by atoms with Crippen LogP contribution in [0.25, 0.3) is 0 Å². The molecule has 4 bridgehead atoms. The summed E-state index contributed by atoms with van der Waals surface area (Å²) in [6, 6.07) is 0. The first-order valence-corrected chi connectivity index (χ1v) is 7.20. The maximum Gasteiger partial charge on any atom is 0.333 e. The average molecular weight is 244 g/mol. The molecule has 2 nitrogen and oxygen atoms in total. The molecule has 0 aromatic rings. The van der Waals surface area contributed by atoms with Gasteiger partial charge in [0, 0.05) is 5.57 Å². The first kappa shape index (κ1) is 10.8. The minimum absolute atomic E-state index is 0.174. The lowest BCUT2D eigenvalue weighted by Gasteiger charge is -2.36. The van der Waals surface area contributed by atoms with Crippen LogP contribution >= 0.6 is 0 Å². The molecular weight excluding hydrogens is 224 g/mol. The molecule has 2 heteroatoms. The predicted octanol–water partition coefficient (Wildman–Crippen LogP) is 2.95. The van der Waals surface area contributed by atoms with Crippen molar-refractivity contribution in [1.29, 1.82) is 0 Å². The molecule has 3 fully saturated rings. The van der Waals surface area contributed by atoms with Crippen LogP contribution in [-0.2, 0) is 9.53 Å². The van der Waals surface area contributed by atoms with Crippen molar-refractivity contribution in [1.82, 2.24) is 0 Å². The van der Waals surface area contributed by atoms with Gasteiger partial charge in [0.1, 0.15) is 6.10 Å². The molecule has 0 amide bonds. The van der Waals surface area contributed by atoms with E-state index < -0.39 is 0 Å². The van der Waals surface area contributed by atoms with Gasteiger partial charge in [-0.25, -0.2) is 4.79 Å². The lowest BCUT2D eigenvalue weighted by atomic mass is 9.72. The van der Waals surface area contributed by atoms with Crippen LogP contribution in [0.1, 0.15) is 26.2 Å². The van der Waals surface area contributed by atoms with Crippen LogP contribution in [-0.4, -0.2) is 12.1 Å². The van der Waals surface area contributed by atoms with Gasteiger partial charge in [0.05, 0.1) is 0 Å². The van der Waals surface area contributed by atoms with Crippen molar-refractivity contribution >= 4 is 5.97 Å². The van der Waals surface area contributed by atoms with Crippen LogP contribution in [0.2, 0.25) is 0 Å². The Balaban J connectivity index is 1.54. The van der Waals surface area contributed by atoms with E-state index >= 15 is 0 Å². The lowest BCUT2D eigenvalue weighted by molar-refractivity contribution is -0.148. The molecule has 96 valence electrons. The maximum absolute atomic E-state index is 11.7. The van der Waals surface area contributed by atoms with Crippen molar-refractivity contribution in [3.8, 4) is 0 Å². The van der Waals surface area contributed by atoms with E-state index in [4.69, 9.17) is 4.74 Å². The third kappa shape index (κ3) is 1.27. The molecule has 3 saturated carbocycles. The van der Waals surface area contributed by atoms with E-state index in [0.717, 1.165) is 36.0 Å². The topological polar surface area (TPSA) is 26.3 Å². The maximum atomic E-state index is 11.7. The molecule has 4 aliphatic carbocycles. The Kier molecular flexibility index (Phi) is 2.10. The zero-order valence-electron chi connectivity index (χ0n) is 10.8. The fourth-order valence-electron chi connectivity index (χ4n) is 5.33. The Labute approximate surface area is 108 Å². The zero-order chi connectivity index (χ0) is 12.4. The van der Waals surface area contributed by atoms with Crippen molar-refractivity contribution in [2.75, 3.05) is 0 Å². The summed E-state index contributed by atoms with van der Waals surface area (Å²) in [5.41, 5.74) is 0.530. The van der Waals surface area contributed by atoms with Gasteiger partial charge in [-0.3, -0.25) is 0 Å². The van der Waals surface area contributed by atoms with Gasteiger partial charge in [-0.1, -0.05) is 18.7 Å². The van der Waals surface area contributed by atoms with Crippen molar-refractivity contribution < 1.29 is 9.53 Å². The van der Waals surface area contributed by atoms with E-state index in [1.165, 1.54) is 12.8 Å². The number of carbonyl (C=O) groups is 1. The Morgan fingerprint density at radius 2 is 1.89 bits per heavy atom. The summed E-state index contributed by atoms with van der Waals surface area (Å²) in [7, 11) is 0. The molecule has 0 aromatic carbocycles. The minimum atomic E-state index is -0.192. The first-order chi connectivity index (χ1) is 8.65. The number of ether oxygens (including phenoxy) is 1. The minimum Gasteiger partial charge on any atom is -0.459 e. The molecule has 0 spiro atoms. The lowest BCUT2D eigenvalue weighted by Crippen LogP contribution is -2.36. The van der Waals surface area contributed by atoms with Gasteiger partial charge in [0.15, 0.2) is 0 Å². The van der Waals surface area contributed by atoms with Crippen LogP contribution in [0, 0.1) is 35.5 Å². The first-order valence-electron chi connectivity index (χ1n) is 7.20. The van der Waals surface area contributed by atoms with Crippen molar-refractivity contribution in [3.05, 3.63) is 24.3 Å². The van der Waals surface area contributed by atoms with Crippen LogP contribution in [0.4, 0.5) is 0 Å². The molecule has 4 rings (SSSR count). The van der Waals surface area contributed by atoms with E-state index in [1.807, 2.05) is 0 Å². The van der Waals surface area contributed by atoms with Crippen LogP contribution in [0.5, 0.6) is 0 Å². The summed E-state index contributed by atoms with van der Waals surface area (Å²) in [5, 5.41) is 0. The van der Waals surface area contributed by atoms with Gasteiger partial charge in [-0.05, 0) is 61.7 Å². The van der Waals surface area contributed by atoms with Gasteiger partial charge >= 0.3 is 5.97 Å². The summed E-state index contributed by atoms with van der Waals surface area (Å²) < 4.78 is 5.66. The summed E-state index contributed by atoms with van der Waals surface area (Å²) in [4.78, 5) is 11.7. The third-order valence-corrected chi connectivity index (χ3v) is 5.82. The Hall–Kier alpha value is -1.05. The Morgan fingerprint density at radius 3 is 2.61 bits per heavy atom. The highest BCUT2D eigenvalue weighted by molar-refractivity contribution is 5.87. The van der Waals surface area contributed by atoms with E-state index in [0.29, 0.717) is 11.5 Å². The molecule has 0 aliphatic heterocycles. The average Bonchev–Trinajstić information content (AvgIpc) is 3.06. The molecule has 4 aliphatic rings. The molecule has 7 unspecified atom stereocenters. The molecule has 0 aromatic heterocycles. The zero-order valence-corrected chi connectivity index (χ0v) is 10.8. The second kappa shape index (κ2) is 3.49. The number of allylic oxidation sites excluding steroid dienone is 2. The standard InChI is InChI=1S/C16H20O2/c1-8(2)16(17)18-13-7-11-6-12(13)15-10-4-3-9(5-10)14(11)15/h3-4,9-15H,1,5-7H2,2H3. The van der Waals surface area contributed by atoms with Crippen molar-refractivity contribution in [2.24, 2.45) is 35.5 Å². The van der Waals surface area contributed by atoms with Crippen molar-refractivity contribution in [2.45, 2.75) is 32.3 Å². The predicted molar refractivity (Wildman–Crippen MR) is 68.6 cm³/mol. The summed E-state index contributed by atoms with van der Waals surface area (Å²) in [5.74, 6) is 4.58. The highest BCUT2D eigenvalue weighted by Crippen LogP contribution is 2.65. The van der Waals surface area contributed by atoms with Gasteiger partial charge in [-0.2, -0.15) is 0 Å². The van der Waals surface area contributed by atoms with Crippen LogP contribution in [0.3, 0.4) is 0 Å². The van der Waals surface area contributed by atoms with E-state index in [-0.39, 0.29) is 12.1 Å². The SMILES string of the molecule is C=C(C)C(=O)OC1CC2CC1C1C3C=CC(C3)C21. The second-order valence-corrected chi connectivity index (χ2v) is 6.72. The highest BCUT2D eigenvalue weighted by atomic mass is 16.5. The normalized spacial score (nSPS) is 50.6. The largest absolute Gasteiger partial charge is 0.459 e. The van der Waals surface area contributed by atoms with Gasteiger partial charge in [0.25, 0.3) is 0 Å². The van der Waals surface area contributed by atoms with E-state index in [1.54, 1.807) is 6.92 Å². The fourth-order valence-corrected chi connectivity index (χ4v) is 5.33. The number of hydrogen-bond donors (Lipinski definition) is 0. The molecule has 0 heterocycles. The quantitative estimate of drug-likeness (QED) is 0.323. The highest BCUT2D eigenvalue weighted by Gasteiger charge is 2.61. The summed E-state index contributed by atoms with van der Waals surface area (Å²) >= 11 is 0. The van der Waals surface area contributed by atoms with E-state index in [9.17, 15) is 4.79 Å². The van der Waals surface area contributed by atoms with Crippen molar-refractivity contribution in [3.63, 3.8) is 0 Å². The number of hydrogen-bond acceptors (Lipinski definition) is 2.